The molecule has 0 aliphatic rings. The smallest absolute Gasteiger partial charge is 0.194 e. The summed E-state index contributed by atoms with van der Waals surface area (Å²) >= 11 is 0. The molecule has 0 aliphatic heterocycles. The third-order valence-corrected chi connectivity index (χ3v) is 11.9. The Morgan fingerprint density at radius 3 is 0.949 bits per heavy atom. The number of alkyl halides is 24. The summed E-state index contributed by atoms with van der Waals surface area (Å²) < 4.78 is 343. The molecule has 7 rings (SSSR count). The number of aromatic nitrogens is 1. The number of hydrogen-bond donors (Lipinski definition) is 0. The van der Waals surface area contributed by atoms with Crippen molar-refractivity contribution in [2.24, 2.45) is 5.11 Å². The van der Waals surface area contributed by atoms with E-state index in [1.54, 1.807) is 6.07 Å². The van der Waals surface area contributed by atoms with Gasteiger partial charge in [-0.1, -0.05) is 96.1 Å². The van der Waals surface area contributed by atoms with Crippen LogP contribution in [0.2, 0.25) is 0 Å². The molecule has 0 spiro atoms. The van der Waals surface area contributed by atoms with Gasteiger partial charge in [0.05, 0.1) is 44.5 Å². The Balaban J connectivity index is 0.000000378. The van der Waals surface area contributed by atoms with E-state index in [0.717, 1.165) is 17.8 Å². The van der Waals surface area contributed by atoms with Crippen molar-refractivity contribution in [3.05, 3.63) is 212 Å². The topological polar surface area (TPSA) is 52.6 Å². The van der Waals surface area contributed by atoms with E-state index in [0.29, 0.717) is 5.69 Å². The first-order chi connectivity index (χ1) is 36.1. The van der Waals surface area contributed by atoms with Crippen LogP contribution < -0.4 is 26.4 Å². The van der Waals surface area contributed by atoms with Crippen LogP contribution in [0, 0.1) is 0 Å². The molecule has 0 radical (unpaired) electrons. The van der Waals surface area contributed by atoms with Crippen LogP contribution in [-0.4, -0.2) is 6.15 Å². The summed E-state index contributed by atoms with van der Waals surface area (Å²) in [6.07, 6.45) is -52.7. The monoisotopic (exact) mass is 1150 g/mol. The van der Waals surface area contributed by atoms with Crippen molar-refractivity contribution in [2.75, 3.05) is 0 Å². The number of pyridine rings is 1. The molecule has 6 aromatic carbocycles. The lowest BCUT2D eigenvalue weighted by molar-refractivity contribution is -0.677. The maximum atomic E-state index is 14.2. The predicted molar refractivity (Wildman–Crippen MR) is 236 cm³/mol. The molecule has 29 heteroatoms. The summed E-state index contributed by atoms with van der Waals surface area (Å²) in [5.41, 5.74) is -17.6. The van der Waals surface area contributed by atoms with Gasteiger partial charge >= 0.3 is 49.4 Å². The van der Waals surface area contributed by atoms with Gasteiger partial charge in [0, 0.05) is 33.9 Å². The zero-order valence-corrected chi connectivity index (χ0v) is 38.6. The van der Waals surface area contributed by atoms with Gasteiger partial charge < -0.3 is 0 Å². The zero-order chi connectivity index (χ0) is 59.1. The Kier molecular flexibility index (Phi) is 16.4. The fourth-order valence-corrected chi connectivity index (χ4v) is 8.51. The Morgan fingerprint density at radius 2 is 0.658 bits per heavy atom. The molecule has 7 aromatic rings. The van der Waals surface area contributed by atoms with Crippen LogP contribution in [-0.2, 0) is 56.0 Å². The molecule has 0 fully saturated rings. The highest BCUT2D eigenvalue weighted by Gasteiger charge is 2.47. The predicted octanol–water partition coefficient (Wildman–Crippen LogP) is 15.8. The normalized spacial score (nSPS) is 13.1. The van der Waals surface area contributed by atoms with Gasteiger partial charge in [-0.25, -0.2) is 0 Å². The lowest BCUT2D eigenvalue weighted by Crippen LogP contribution is -2.75. The molecule has 4 nitrogen and oxygen atoms in total. The van der Waals surface area contributed by atoms with Crippen molar-refractivity contribution in [1.82, 2.24) is 0 Å². The quantitative estimate of drug-likeness (QED) is 0.0364. The second-order valence-electron chi connectivity index (χ2n) is 17.2. The largest absolute Gasteiger partial charge is 0.416 e. The van der Waals surface area contributed by atoms with E-state index in [1.807, 2.05) is 48.5 Å². The van der Waals surface area contributed by atoms with Crippen LogP contribution in [0.4, 0.5) is 111 Å². The molecule has 0 aliphatic carbocycles. The Bertz CT molecular complexity index is 2940. The third-order valence-electron chi connectivity index (χ3n) is 11.9. The lowest BCUT2D eigenvalue weighted by Gasteiger charge is -2.46. The molecule has 79 heavy (non-hydrogen) atoms. The van der Waals surface area contributed by atoms with E-state index in [2.05, 4.69) is 39.0 Å². The van der Waals surface area contributed by atoms with Gasteiger partial charge in [-0.05, 0) is 48.0 Å². The number of rotatable bonds is 8. The molecule has 0 bridgehead atoms. The maximum absolute atomic E-state index is 14.2. The minimum absolute atomic E-state index is 0.620. The summed E-state index contributed by atoms with van der Waals surface area (Å²) in [5.74, 6) is 0. The molecule has 1 aromatic heterocycles. The first kappa shape index (κ1) is 60.4. The number of nitrogens with zero attached hydrogens (tertiary/aromatic N) is 4. The number of azide groups is 1. The molecule has 0 unspecified atom stereocenters. The van der Waals surface area contributed by atoms with Crippen LogP contribution >= 0.6 is 0 Å². The minimum Gasteiger partial charge on any atom is -0.194 e. The van der Waals surface area contributed by atoms with Crippen molar-refractivity contribution in [3.63, 3.8) is 0 Å². The SMILES string of the molecule is FC(F)(F)c1cc([B-](c2cc(C(F)(F)F)cc(C(F)(F)F)c2)(c2cc(C(F)(F)F)cc(C(F)(F)F)c2)c2cc(C(F)(F)F)cc(C(F)(F)F)c2)cc(C(F)(F)F)c1.[N-]=[N+]=Nc1cccc(-c2cccc[n+]2Cc2ccccc2)c1. The molecule has 0 N–H and O–H groups in total. The Hall–Kier alpha value is -7.84. The highest BCUT2D eigenvalue weighted by molar-refractivity contribution is 7.20. The van der Waals surface area contributed by atoms with E-state index >= 15 is 0 Å². The molecule has 0 saturated heterocycles. The summed E-state index contributed by atoms with van der Waals surface area (Å²) in [6, 6.07) is 15.2. The average Bonchev–Trinajstić information content (AvgIpc) is 3.54. The second-order valence-corrected chi connectivity index (χ2v) is 17.2. The lowest BCUT2D eigenvalue weighted by atomic mass is 9.12. The first-order valence-corrected chi connectivity index (χ1v) is 21.7. The van der Waals surface area contributed by atoms with Gasteiger partial charge in [0.25, 0.3) is 0 Å². The molecule has 0 amide bonds. The Labute approximate surface area is 427 Å². The van der Waals surface area contributed by atoms with Gasteiger partial charge in [-0.2, -0.15) is 132 Å². The van der Waals surface area contributed by atoms with Crippen LogP contribution in [0.25, 0.3) is 21.7 Å². The number of benzene rings is 6. The van der Waals surface area contributed by atoms with Crippen molar-refractivity contribution in [2.45, 2.75) is 56.0 Å². The van der Waals surface area contributed by atoms with Gasteiger partial charge in [0.2, 0.25) is 5.69 Å². The highest BCUT2D eigenvalue weighted by atomic mass is 19.4. The van der Waals surface area contributed by atoms with Gasteiger partial charge in [0.1, 0.15) is 6.15 Å². The van der Waals surface area contributed by atoms with Crippen LogP contribution in [0.15, 0.2) is 157 Å². The molecular weight excluding hydrogens is 1120 g/mol. The fraction of sp³-hybridized carbons (Fsp3) is 0.180. The van der Waals surface area contributed by atoms with Crippen molar-refractivity contribution in [3.8, 4) is 11.3 Å². The van der Waals surface area contributed by atoms with Crippen LogP contribution in [0.5, 0.6) is 0 Å². The first-order valence-electron chi connectivity index (χ1n) is 21.7. The summed E-state index contributed by atoms with van der Waals surface area (Å²) in [7, 11) is 0. The van der Waals surface area contributed by atoms with Gasteiger partial charge in [-0.15, -0.1) is 0 Å². The number of halogens is 24. The fourth-order valence-electron chi connectivity index (χ4n) is 8.51. The van der Waals surface area contributed by atoms with E-state index in [1.165, 1.54) is 5.56 Å². The highest BCUT2D eigenvalue weighted by Crippen LogP contribution is 2.41. The molecule has 1 heterocycles. The van der Waals surface area contributed by atoms with E-state index in [4.69, 9.17) is 5.53 Å². The number of hydrogen-bond acceptors (Lipinski definition) is 1. The van der Waals surface area contributed by atoms with Gasteiger partial charge in [0.15, 0.2) is 12.7 Å². The van der Waals surface area contributed by atoms with E-state index < -0.39 is 195 Å². The van der Waals surface area contributed by atoms with Crippen LogP contribution in [0.3, 0.4) is 0 Å². The average molecular weight is 1150 g/mol. The van der Waals surface area contributed by atoms with Crippen molar-refractivity contribution in [1.29, 1.82) is 0 Å². The molecule has 0 saturated carbocycles. The van der Waals surface area contributed by atoms with Crippen molar-refractivity contribution >= 4 is 33.7 Å². The Morgan fingerprint density at radius 1 is 0.354 bits per heavy atom. The zero-order valence-electron chi connectivity index (χ0n) is 38.6. The minimum atomic E-state index is -6.13. The maximum Gasteiger partial charge on any atom is 0.416 e. The summed E-state index contributed by atoms with van der Waals surface area (Å²) in [6.45, 7) is 0.794. The standard InChI is InChI=1S/C32H12BF24.C18H15N4/c34-25(35,36)13-1-14(26(37,38)39)6-21(5-13)33(22-7-15(27(40,41)42)2-16(8-22)28(43,44)45,23-9-17(29(46,47)48)3-18(10-23)30(49,50)51)24-11-19(31(52,53)54)4-20(12-24)32(55,56)57;19-21-20-17-10-6-9-16(13-17)18-11-4-5-12-22(18)14-15-7-2-1-3-8-15/h1-12H;1-13H,14H2/q-1;+1. The molecule has 418 valence electrons. The molecule has 0 atom stereocenters. The molecular formula is C50H27BF24N4. The van der Waals surface area contributed by atoms with E-state index in [9.17, 15) is 105 Å². The van der Waals surface area contributed by atoms with Crippen molar-refractivity contribution < 1.29 is 110 Å². The van der Waals surface area contributed by atoms with E-state index in [-0.39, 0.29) is 0 Å². The summed E-state index contributed by atoms with van der Waals surface area (Å²) in [4.78, 5) is 2.85. The van der Waals surface area contributed by atoms with Gasteiger partial charge in [-0.3, -0.25) is 0 Å². The summed E-state index contributed by atoms with van der Waals surface area (Å²) in [5, 5.41) is 3.68. The second kappa shape index (κ2) is 21.4. The third kappa shape index (κ3) is 14.1. The van der Waals surface area contributed by atoms with Crippen LogP contribution in [0.1, 0.15) is 50.1 Å².